The Morgan fingerprint density at radius 1 is 1.53 bits per heavy atom. The fourth-order valence-electron chi connectivity index (χ4n) is 1.42. The molecule has 1 aliphatic carbocycles. The zero-order chi connectivity index (χ0) is 12.1. The Hall–Kier alpha value is -1.35. The maximum atomic E-state index is 5.57. The van der Waals surface area contributed by atoms with Gasteiger partial charge in [-0.15, -0.1) is 0 Å². The van der Waals surface area contributed by atoms with Crippen molar-refractivity contribution in [3.05, 3.63) is 36.2 Å². The molecule has 0 aliphatic heterocycles. The number of nitrogens with one attached hydrogen (secondary N) is 1. The van der Waals surface area contributed by atoms with Crippen molar-refractivity contribution in [1.29, 1.82) is 0 Å². The summed E-state index contributed by atoms with van der Waals surface area (Å²) in [6, 6.07) is 4.71. The Bertz CT molecular complexity index is 368. The second kappa shape index (κ2) is 5.82. The molecule has 1 fully saturated rings. The number of hydrogen-bond acceptors (Lipinski definition) is 3. The second-order valence-corrected chi connectivity index (χ2v) is 4.53. The van der Waals surface area contributed by atoms with Gasteiger partial charge in [0.1, 0.15) is 12.4 Å². The first-order valence-electron chi connectivity index (χ1n) is 6.25. The lowest BCUT2D eigenvalue weighted by Gasteiger charge is -2.07. The minimum absolute atomic E-state index is 0.581. The molecule has 0 atom stereocenters. The number of aromatic nitrogens is 1. The molecular formula is C14H20N2O. The third-order valence-electron chi connectivity index (χ3n) is 2.89. The Kier molecular flexibility index (Phi) is 4.15. The smallest absolute Gasteiger partial charge is 0.138 e. The summed E-state index contributed by atoms with van der Waals surface area (Å²) in [4.78, 5) is 4.37. The lowest BCUT2D eigenvalue weighted by atomic mass is 10.2. The molecule has 0 saturated heterocycles. The fraction of sp³-hybridized carbons (Fsp3) is 0.500. The first kappa shape index (κ1) is 12.1. The Morgan fingerprint density at radius 2 is 2.35 bits per heavy atom. The average Bonchev–Trinajstić information content (AvgIpc) is 3.18. The van der Waals surface area contributed by atoms with Crippen LogP contribution in [0.25, 0.3) is 0 Å². The van der Waals surface area contributed by atoms with E-state index < -0.39 is 0 Å². The topological polar surface area (TPSA) is 34.1 Å². The third kappa shape index (κ3) is 4.19. The quantitative estimate of drug-likeness (QED) is 0.734. The molecule has 0 unspecified atom stereocenters. The van der Waals surface area contributed by atoms with Crippen molar-refractivity contribution in [1.82, 2.24) is 10.3 Å². The summed E-state index contributed by atoms with van der Waals surface area (Å²) in [5.41, 5.74) is 2.17. The molecule has 0 amide bonds. The van der Waals surface area contributed by atoms with Crippen LogP contribution in [0.3, 0.4) is 0 Å². The van der Waals surface area contributed by atoms with E-state index in [1.54, 1.807) is 6.20 Å². The molecular weight excluding hydrogens is 212 g/mol. The summed E-state index contributed by atoms with van der Waals surface area (Å²) in [6.45, 7) is 7.42. The van der Waals surface area contributed by atoms with Crippen molar-refractivity contribution < 1.29 is 4.74 Å². The van der Waals surface area contributed by atoms with Crippen molar-refractivity contribution in [2.45, 2.75) is 38.8 Å². The van der Waals surface area contributed by atoms with Crippen LogP contribution < -0.4 is 10.1 Å². The van der Waals surface area contributed by atoms with Crippen LogP contribution in [0.1, 0.15) is 31.9 Å². The highest BCUT2D eigenvalue weighted by Crippen LogP contribution is 2.19. The maximum absolute atomic E-state index is 5.57. The van der Waals surface area contributed by atoms with Crippen LogP contribution in [0.5, 0.6) is 5.75 Å². The maximum Gasteiger partial charge on any atom is 0.138 e. The number of rotatable bonds is 7. The van der Waals surface area contributed by atoms with Gasteiger partial charge >= 0.3 is 0 Å². The van der Waals surface area contributed by atoms with Gasteiger partial charge in [0.15, 0.2) is 0 Å². The fourth-order valence-corrected chi connectivity index (χ4v) is 1.42. The van der Waals surface area contributed by atoms with Gasteiger partial charge < -0.3 is 10.1 Å². The van der Waals surface area contributed by atoms with Gasteiger partial charge in [0.05, 0.1) is 11.9 Å². The van der Waals surface area contributed by atoms with Gasteiger partial charge in [0, 0.05) is 12.6 Å². The largest absolute Gasteiger partial charge is 0.488 e. The molecule has 1 aromatic heterocycles. The predicted octanol–water partition coefficient (Wildman–Crippen LogP) is 2.68. The van der Waals surface area contributed by atoms with Crippen LogP contribution in [0.15, 0.2) is 30.5 Å². The molecule has 1 saturated carbocycles. The molecule has 0 aromatic carbocycles. The highest BCUT2D eigenvalue weighted by atomic mass is 16.5. The minimum atomic E-state index is 0.581. The van der Waals surface area contributed by atoms with Crippen LogP contribution in [0.4, 0.5) is 0 Å². The van der Waals surface area contributed by atoms with E-state index in [0.29, 0.717) is 6.61 Å². The summed E-state index contributed by atoms with van der Waals surface area (Å²) in [6.07, 6.45) is 5.35. The van der Waals surface area contributed by atoms with Crippen molar-refractivity contribution in [3.8, 4) is 5.75 Å². The van der Waals surface area contributed by atoms with Crippen LogP contribution in [0, 0.1) is 0 Å². The normalized spacial score (nSPS) is 14.6. The predicted molar refractivity (Wildman–Crippen MR) is 69.0 cm³/mol. The highest BCUT2D eigenvalue weighted by Gasteiger charge is 2.19. The molecule has 92 valence electrons. The summed E-state index contributed by atoms with van der Waals surface area (Å²) in [7, 11) is 0. The standard InChI is InChI=1S/C14H20N2O/c1-3-11(2)10-17-14-7-6-13(16-9-14)8-15-12-4-5-12/h6-7,9,12,15H,2-5,8,10H2,1H3. The lowest BCUT2D eigenvalue weighted by molar-refractivity contribution is 0.347. The van der Waals surface area contributed by atoms with Gasteiger partial charge in [0.2, 0.25) is 0 Å². The van der Waals surface area contributed by atoms with E-state index in [4.69, 9.17) is 4.74 Å². The minimum Gasteiger partial charge on any atom is -0.488 e. The molecule has 1 N–H and O–H groups in total. The molecule has 0 spiro atoms. The second-order valence-electron chi connectivity index (χ2n) is 4.53. The molecule has 3 heteroatoms. The molecule has 2 rings (SSSR count). The zero-order valence-electron chi connectivity index (χ0n) is 10.4. The monoisotopic (exact) mass is 232 g/mol. The summed E-state index contributed by atoms with van der Waals surface area (Å²) < 4.78 is 5.57. The molecule has 1 heterocycles. The average molecular weight is 232 g/mol. The van der Waals surface area contributed by atoms with E-state index in [2.05, 4.69) is 23.8 Å². The van der Waals surface area contributed by atoms with Crippen molar-refractivity contribution in [2.24, 2.45) is 0 Å². The molecule has 0 radical (unpaired) electrons. The van der Waals surface area contributed by atoms with Gasteiger partial charge in [0.25, 0.3) is 0 Å². The summed E-state index contributed by atoms with van der Waals surface area (Å²) >= 11 is 0. The van der Waals surface area contributed by atoms with E-state index in [9.17, 15) is 0 Å². The highest BCUT2D eigenvalue weighted by molar-refractivity contribution is 5.20. The van der Waals surface area contributed by atoms with Crippen molar-refractivity contribution >= 4 is 0 Å². The van der Waals surface area contributed by atoms with Gasteiger partial charge in [-0.2, -0.15) is 0 Å². The molecule has 1 aliphatic rings. The van der Waals surface area contributed by atoms with Gasteiger partial charge in [-0.25, -0.2) is 0 Å². The van der Waals surface area contributed by atoms with Crippen LogP contribution in [-0.2, 0) is 6.54 Å². The van der Waals surface area contributed by atoms with Crippen LogP contribution in [-0.4, -0.2) is 17.6 Å². The molecule has 3 nitrogen and oxygen atoms in total. The van der Waals surface area contributed by atoms with Gasteiger partial charge in [-0.1, -0.05) is 13.5 Å². The summed E-state index contributed by atoms with van der Waals surface area (Å²) in [5.74, 6) is 0.815. The van der Waals surface area contributed by atoms with E-state index in [0.717, 1.165) is 36.0 Å². The number of ether oxygens (including phenoxy) is 1. The third-order valence-corrected chi connectivity index (χ3v) is 2.89. The van der Waals surface area contributed by atoms with E-state index >= 15 is 0 Å². The lowest BCUT2D eigenvalue weighted by Crippen LogP contribution is -2.16. The Balaban J connectivity index is 1.77. The zero-order valence-corrected chi connectivity index (χ0v) is 10.4. The van der Waals surface area contributed by atoms with Crippen LogP contribution >= 0.6 is 0 Å². The Morgan fingerprint density at radius 3 is 2.94 bits per heavy atom. The van der Waals surface area contributed by atoms with E-state index in [1.807, 2.05) is 12.1 Å². The molecule has 17 heavy (non-hydrogen) atoms. The molecule has 0 bridgehead atoms. The first-order chi connectivity index (χ1) is 8.28. The number of nitrogens with zero attached hydrogens (tertiary/aromatic N) is 1. The van der Waals surface area contributed by atoms with E-state index in [1.165, 1.54) is 12.8 Å². The van der Waals surface area contributed by atoms with E-state index in [-0.39, 0.29) is 0 Å². The van der Waals surface area contributed by atoms with Gasteiger partial charge in [-0.3, -0.25) is 4.98 Å². The Labute approximate surface area is 103 Å². The van der Waals surface area contributed by atoms with Crippen LogP contribution in [0.2, 0.25) is 0 Å². The SMILES string of the molecule is C=C(CC)COc1ccc(CNC2CC2)nc1. The number of hydrogen-bond donors (Lipinski definition) is 1. The van der Waals surface area contributed by atoms with Crippen molar-refractivity contribution in [3.63, 3.8) is 0 Å². The first-order valence-corrected chi connectivity index (χ1v) is 6.25. The summed E-state index contributed by atoms with van der Waals surface area (Å²) in [5, 5.41) is 3.43. The molecule has 1 aromatic rings. The number of pyridine rings is 1. The van der Waals surface area contributed by atoms with Crippen molar-refractivity contribution in [2.75, 3.05) is 6.61 Å². The van der Waals surface area contributed by atoms with Gasteiger partial charge in [-0.05, 0) is 37.0 Å².